The number of nitrogens with zero attached hydrogens (tertiary/aromatic N) is 1. The monoisotopic (exact) mass is 344 g/mol. The topological polar surface area (TPSA) is 49.4 Å². The van der Waals surface area contributed by atoms with Gasteiger partial charge in [0, 0.05) is 25.9 Å². The summed E-state index contributed by atoms with van der Waals surface area (Å²) in [5, 5.41) is 5.07. The molecule has 6 heteroatoms. The van der Waals surface area contributed by atoms with Gasteiger partial charge in [-0.2, -0.15) is 0 Å². The van der Waals surface area contributed by atoms with Gasteiger partial charge in [-0.1, -0.05) is 6.07 Å². The van der Waals surface area contributed by atoms with Crippen LogP contribution in [0.25, 0.3) is 0 Å². The number of likely N-dealkylation sites (tertiary alicyclic amines) is 1. The van der Waals surface area contributed by atoms with E-state index in [0.29, 0.717) is 12.8 Å². The summed E-state index contributed by atoms with van der Waals surface area (Å²) in [6.45, 7) is 2.74. The Labute approximate surface area is 142 Å². The van der Waals surface area contributed by atoms with E-state index in [4.69, 9.17) is 0 Å². The highest BCUT2D eigenvalue weighted by atomic mass is 35.5. The molecular weight excluding hydrogens is 320 g/mol. The first-order valence-corrected chi connectivity index (χ1v) is 8.57. The van der Waals surface area contributed by atoms with E-state index in [1.54, 1.807) is 0 Å². The zero-order valence-corrected chi connectivity index (χ0v) is 14.7. The molecule has 0 bridgehead atoms. The van der Waals surface area contributed by atoms with Crippen LogP contribution < -0.4 is 5.32 Å². The quantitative estimate of drug-likeness (QED) is 0.773. The smallest absolute Gasteiger partial charge is 0.223 e. The number of hydrogen-bond acceptors (Lipinski definition) is 4. The van der Waals surface area contributed by atoms with Crippen molar-refractivity contribution in [1.29, 1.82) is 0 Å². The molecule has 0 unspecified atom stereocenters. The Morgan fingerprint density at radius 3 is 2.64 bits per heavy atom. The van der Waals surface area contributed by atoms with Crippen LogP contribution in [0.5, 0.6) is 0 Å². The summed E-state index contributed by atoms with van der Waals surface area (Å²) in [6.07, 6.45) is 4.05. The lowest BCUT2D eigenvalue weighted by atomic mass is 9.93. The maximum absolute atomic E-state index is 12.2. The second-order valence-corrected chi connectivity index (χ2v) is 6.56. The Hall–Kier alpha value is -0.910. The molecule has 2 heterocycles. The lowest BCUT2D eigenvalue weighted by Gasteiger charge is -2.32. The lowest BCUT2D eigenvalue weighted by molar-refractivity contribution is -0.132. The summed E-state index contributed by atoms with van der Waals surface area (Å²) < 4.78 is 0. The van der Waals surface area contributed by atoms with E-state index >= 15 is 0 Å². The molecule has 0 aromatic carbocycles. The Kier molecular flexibility index (Phi) is 8.68. The summed E-state index contributed by atoms with van der Waals surface area (Å²) in [7, 11) is 1.98. The fourth-order valence-corrected chi connectivity index (χ4v) is 3.45. The number of nitrogens with one attached hydrogen (secondary N) is 1. The Bertz CT molecular complexity index is 457. The molecule has 1 N–H and O–H groups in total. The van der Waals surface area contributed by atoms with E-state index in [1.165, 1.54) is 17.8 Å². The van der Waals surface area contributed by atoms with Crippen molar-refractivity contribution in [2.75, 3.05) is 26.7 Å². The number of Topliss-reactive ketones (excluding diaryl/α,β-unsaturated/α-hetero) is 1. The minimum absolute atomic E-state index is 0. The van der Waals surface area contributed by atoms with E-state index in [2.05, 4.69) is 5.32 Å². The minimum atomic E-state index is 0. The molecule has 1 aromatic rings. The molecule has 0 saturated carbocycles. The van der Waals surface area contributed by atoms with Crippen LogP contribution >= 0.6 is 23.7 Å². The first kappa shape index (κ1) is 19.1. The summed E-state index contributed by atoms with van der Waals surface area (Å²) >= 11 is 1.45. The fourth-order valence-electron chi connectivity index (χ4n) is 2.76. The summed E-state index contributed by atoms with van der Waals surface area (Å²) in [4.78, 5) is 26.7. The average molecular weight is 345 g/mol. The maximum atomic E-state index is 12.2. The Morgan fingerprint density at radius 2 is 2.05 bits per heavy atom. The largest absolute Gasteiger partial charge is 0.343 e. The molecule has 124 valence electrons. The van der Waals surface area contributed by atoms with Gasteiger partial charge in [0.05, 0.1) is 4.88 Å². The van der Waals surface area contributed by atoms with Gasteiger partial charge in [0.2, 0.25) is 5.91 Å². The second kappa shape index (κ2) is 9.98. The van der Waals surface area contributed by atoms with Gasteiger partial charge in [0.15, 0.2) is 5.78 Å². The highest BCUT2D eigenvalue weighted by molar-refractivity contribution is 7.12. The van der Waals surface area contributed by atoms with Crippen LogP contribution in [0.15, 0.2) is 17.5 Å². The summed E-state index contributed by atoms with van der Waals surface area (Å²) in [5.41, 5.74) is 0. The summed E-state index contributed by atoms with van der Waals surface area (Å²) in [6, 6.07) is 3.69. The van der Waals surface area contributed by atoms with Crippen molar-refractivity contribution >= 4 is 35.4 Å². The second-order valence-electron chi connectivity index (χ2n) is 5.62. The number of thiophene rings is 1. The molecule has 4 nitrogen and oxygen atoms in total. The number of carbonyl (C=O) groups is 2. The van der Waals surface area contributed by atoms with Gasteiger partial charge in [0.1, 0.15) is 0 Å². The molecular formula is C16H25ClN2O2S. The number of hydrogen-bond donors (Lipinski definition) is 1. The van der Waals surface area contributed by atoms with E-state index < -0.39 is 0 Å². The van der Waals surface area contributed by atoms with Crippen LogP contribution in [0.2, 0.25) is 0 Å². The van der Waals surface area contributed by atoms with Gasteiger partial charge in [-0.25, -0.2) is 0 Å². The van der Waals surface area contributed by atoms with Crippen molar-refractivity contribution in [3.63, 3.8) is 0 Å². The molecule has 1 aromatic heterocycles. The molecule has 1 fully saturated rings. The third-order valence-corrected chi connectivity index (χ3v) is 5.04. The number of ketones is 1. The minimum Gasteiger partial charge on any atom is -0.343 e. The van der Waals surface area contributed by atoms with Gasteiger partial charge in [-0.05, 0) is 50.2 Å². The van der Waals surface area contributed by atoms with Crippen molar-refractivity contribution in [2.45, 2.75) is 32.1 Å². The van der Waals surface area contributed by atoms with E-state index in [1.807, 2.05) is 29.5 Å². The van der Waals surface area contributed by atoms with Gasteiger partial charge < -0.3 is 10.2 Å². The van der Waals surface area contributed by atoms with E-state index in [0.717, 1.165) is 43.3 Å². The predicted octanol–water partition coefficient (Wildman–Crippen LogP) is 2.98. The highest BCUT2D eigenvalue weighted by Gasteiger charge is 2.22. The zero-order valence-electron chi connectivity index (χ0n) is 13.0. The highest BCUT2D eigenvalue weighted by Crippen LogP contribution is 2.21. The summed E-state index contributed by atoms with van der Waals surface area (Å²) in [5.74, 6) is 0.948. The zero-order chi connectivity index (χ0) is 15.1. The van der Waals surface area contributed by atoms with E-state index in [-0.39, 0.29) is 24.1 Å². The predicted molar refractivity (Wildman–Crippen MR) is 93.0 cm³/mol. The first-order valence-electron chi connectivity index (χ1n) is 7.69. The maximum Gasteiger partial charge on any atom is 0.223 e. The van der Waals surface area contributed by atoms with Crippen LogP contribution in [-0.2, 0) is 4.79 Å². The van der Waals surface area contributed by atoms with Gasteiger partial charge >= 0.3 is 0 Å². The van der Waals surface area contributed by atoms with Gasteiger partial charge in [0.25, 0.3) is 0 Å². The molecule has 0 aliphatic carbocycles. The van der Waals surface area contributed by atoms with Crippen LogP contribution in [0.4, 0.5) is 0 Å². The molecule has 22 heavy (non-hydrogen) atoms. The Balaban J connectivity index is 0.00000242. The van der Waals surface area contributed by atoms with Crippen LogP contribution in [-0.4, -0.2) is 43.3 Å². The first-order chi connectivity index (χ1) is 10.2. The number of piperidine rings is 1. The van der Waals surface area contributed by atoms with Crippen LogP contribution in [0.1, 0.15) is 41.8 Å². The van der Waals surface area contributed by atoms with Gasteiger partial charge in [-0.15, -0.1) is 23.7 Å². The van der Waals surface area contributed by atoms with Crippen LogP contribution in [0, 0.1) is 5.92 Å². The number of rotatable bonds is 7. The molecule has 1 amide bonds. The SMILES string of the molecule is CNCCC1CCN(C(=O)CCC(=O)c2cccs2)CC1.Cl. The normalized spacial score (nSPS) is 15.4. The van der Waals surface area contributed by atoms with Gasteiger partial charge in [-0.3, -0.25) is 9.59 Å². The lowest BCUT2D eigenvalue weighted by Crippen LogP contribution is -2.39. The van der Waals surface area contributed by atoms with Crippen molar-refractivity contribution in [2.24, 2.45) is 5.92 Å². The van der Waals surface area contributed by atoms with Crippen molar-refractivity contribution in [1.82, 2.24) is 10.2 Å². The number of carbonyl (C=O) groups excluding carboxylic acids is 2. The fraction of sp³-hybridized carbons (Fsp3) is 0.625. The third kappa shape index (κ3) is 5.71. The van der Waals surface area contributed by atoms with E-state index in [9.17, 15) is 9.59 Å². The standard InChI is InChI=1S/C16H24N2O2S.ClH/c1-17-9-6-13-7-10-18(11-8-13)16(20)5-4-14(19)15-3-2-12-21-15;/h2-3,12-13,17H,4-11H2,1H3;1H. The van der Waals surface area contributed by atoms with Crippen molar-refractivity contribution in [3.05, 3.63) is 22.4 Å². The molecule has 0 atom stereocenters. The molecule has 0 radical (unpaired) electrons. The molecule has 1 aliphatic heterocycles. The van der Waals surface area contributed by atoms with Crippen molar-refractivity contribution < 1.29 is 9.59 Å². The van der Waals surface area contributed by atoms with Crippen LogP contribution in [0.3, 0.4) is 0 Å². The Morgan fingerprint density at radius 1 is 1.32 bits per heavy atom. The number of amides is 1. The molecule has 2 rings (SSSR count). The molecule has 0 spiro atoms. The van der Waals surface area contributed by atoms with Crippen molar-refractivity contribution in [3.8, 4) is 0 Å². The third-order valence-electron chi connectivity index (χ3n) is 4.13. The molecule has 1 aliphatic rings. The molecule has 1 saturated heterocycles. The number of halogens is 1. The average Bonchev–Trinajstić information content (AvgIpc) is 3.05.